The predicted molar refractivity (Wildman–Crippen MR) is 107 cm³/mol. The van der Waals surface area contributed by atoms with Gasteiger partial charge in [0.2, 0.25) is 0 Å². The van der Waals surface area contributed by atoms with Crippen molar-refractivity contribution in [3.63, 3.8) is 0 Å². The SMILES string of the molecule is CCn1cc(S(=O)(=O)Nc2ccc(S(=O)(=O)Nc3cc(C)nc(C)n3)cc2)cn1. The third-order valence-corrected chi connectivity index (χ3v) is 6.57. The first kappa shape index (κ1) is 20.7. The van der Waals surface area contributed by atoms with Crippen molar-refractivity contribution in [2.24, 2.45) is 0 Å². The van der Waals surface area contributed by atoms with E-state index in [1.165, 1.54) is 47.4 Å². The number of sulfonamides is 2. The van der Waals surface area contributed by atoms with Crippen molar-refractivity contribution in [2.75, 3.05) is 9.44 Å². The first-order valence-electron chi connectivity index (χ1n) is 8.59. The smallest absolute Gasteiger partial charge is 0.265 e. The average molecular weight is 437 g/mol. The van der Waals surface area contributed by atoms with Crippen molar-refractivity contribution < 1.29 is 16.8 Å². The third kappa shape index (κ3) is 4.90. The minimum absolute atomic E-state index is 0.0206. The van der Waals surface area contributed by atoms with Gasteiger partial charge < -0.3 is 0 Å². The van der Waals surface area contributed by atoms with E-state index in [0.29, 0.717) is 18.1 Å². The molecular formula is C17H20N6O4S2. The molecule has 0 atom stereocenters. The van der Waals surface area contributed by atoms with Crippen molar-refractivity contribution in [1.82, 2.24) is 19.7 Å². The average Bonchev–Trinajstić information content (AvgIpc) is 3.11. The molecule has 3 rings (SSSR count). The lowest BCUT2D eigenvalue weighted by Gasteiger charge is -2.10. The summed E-state index contributed by atoms with van der Waals surface area (Å²) in [6.07, 6.45) is 2.66. The number of nitrogens with zero attached hydrogens (tertiary/aromatic N) is 4. The second kappa shape index (κ2) is 7.79. The molecule has 29 heavy (non-hydrogen) atoms. The topological polar surface area (TPSA) is 136 Å². The number of nitrogens with one attached hydrogen (secondary N) is 2. The quantitative estimate of drug-likeness (QED) is 0.577. The van der Waals surface area contributed by atoms with Crippen LogP contribution in [0.1, 0.15) is 18.4 Å². The Bertz CT molecular complexity index is 1210. The minimum atomic E-state index is -3.89. The highest BCUT2D eigenvalue weighted by Gasteiger charge is 2.19. The van der Waals surface area contributed by atoms with Crippen LogP contribution >= 0.6 is 0 Å². The van der Waals surface area contributed by atoms with Crippen molar-refractivity contribution >= 4 is 31.6 Å². The Morgan fingerprint density at radius 3 is 2.17 bits per heavy atom. The molecule has 0 fully saturated rings. The summed E-state index contributed by atoms with van der Waals surface area (Å²) in [6, 6.07) is 6.86. The van der Waals surface area contributed by atoms with Crippen molar-refractivity contribution in [3.05, 3.63) is 54.2 Å². The van der Waals surface area contributed by atoms with Gasteiger partial charge in [-0.05, 0) is 45.0 Å². The molecule has 10 nitrogen and oxygen atoms in total. The summed E-state index contributed by atoms with van der Waals surface area (Å²) in [5.74, 6) is 0.603. The fourth-order valence-electron chi connectivity index (χ4n) is 2.54. The van der Waals surface area contributed by atoms with Crippen LogP contribution in [0.4, 0.5) is 11.5 Å². The fourth-order valence-corrected chi connectivity index (χ4v) is 4.54. The Labute approximate surface area is 169 Å². The summed E-state index contributed by atoms with van der Waals surface area (Å²) < 4.78 is 56.2. The lowest BCUT2D eigenvalue weighted by molar-refractivity contribution is 0.599. The molecule has 0 bridgehead atoms. The maximum absolute atomic E-state index is 12.6. The van der Waals surface area contributed by atoms with E-state index in [0.717, 1.165) is 0 Å². The minimum Gasteiger partial charge on any atom is -0.280 e. The fraction of sp³-hybridized carbons (Fsp3) is 0.235. The molecule has 0 aliphatic heterocycles. The molecule has 154 valence electrons. The zero-order chi connectivity index (χ0) is 21.2. The van der Waals surface area contributed by atoms with E-state index < -0.39 is 20.0 Å². The number of rotatable bonds is 7. The Kier molecular flexibility index (Phi) is 5.57. The van der Waals surface area contributed by atoms with Crippen LogP contribution in [0.25, 0.3) is 0 Å². The van der Waals surface area contributed by atoms with E-state index in [1.54, 1.807) is 13.8 Å². The molecule has 0 amide bonds. The van der Waals surface area contributed by atoms with Gasteiger partial charge in [-0.3, -0.25) is 14.1 Å². The van der Waals surface area contributed by atoms with Gasteiger partial charge in [0.25, 0.3) is 20.0 Å². The first-order valence-corrected chi connectivity index (χ1v) is 11.6. The molecule has 2 heterocycles. The van der Waals surface area contributed by atoms with Crippen LogP contribution in [0.2, 0.25) is 0 Å². The predicted octanol–water partition coefficient (Wildman–Crippen LogP) is 1.91. The van der Waals surface area contributed by atoms with Gasteiger partial charge in [0.05, 0.1) is 11.1 Å². The molecule has 1 aromatic carbocycles. The molecule has 2 aromatic heterocycles. The summed E-state index contributed by atoms with van der Waals surface area (Å²) in [5, 5.41) is 3.94. The zero-order valence-corrected chi connectivity index (χ0v) is 17.6. The largest absolute Gasteiger partial charge is 0.280 e. The number of benzene rings is 1. The van der Waals surface area contributed by atoms with Crippen LogP contribution in [0.15, 0.2) is 52.5 Å². The summed E-state index contributed by atoms with van der Waals surface area (Å²) in [5.41, 5.74) is 0.855. The third-order valence-electron chi connectivity index (χ3n) is 3.87. The van der Waals surface area contributed by atoms with E-state index in [9.17, 15) is 16.8 Å². The Morgan fingerprint density at radius 2 is 1.59 bits per heavy atom. The van der Waals surface area contributed by atoms with Gasteiger partial charge in [0.1, 0.15) is 16.5 Å². The maximum atomic E-state index is 12.6. The molecule has 2 N–H and O–H groups in total. The normalized spacial score (nSPS) is 12.0. The second-order valence-corrected chi connectivity index (χ2v) is 9.57. The molecule has 12 heteroatoms. The van der Waals surface area contributed by atoms with Crippen molar-refractivity contribution in [2.45, 2.75) is 37.1 Å². The molecular weight excluding hydrogens is 416 g/mol. The molecule has 0 unspecified atom stereocenters. The van der Waals surface area contributed by atoms with Gasteiger partial charge in [0.15, 0.2) is 0 Å². The van der Waals surface area contributed by atoms with Crippen LogP contribution in [0, 0.1) is 13.8 Å². The highest BCUT2D eigenvalue weighted by Crippen LogP contribution is 2.20. The van der Waals surface area contributed by atoms with E-state index in [1.807, 2.05) is 6.92 Å². The van der Waals surface area contributed by atoms with Crippen LogP contribution < -0.4 is 9.44 Å². The highest BCUT2D eigenvalue weighted by atomic mass is 32.2. The number of aromatic nitrogens is 4. The first-order chi connectivity index (χ1) is 13.6. The zero-order valence-electron chi connectivity index (χ0n) is 16.0. The summed E-state index contributed by atoms with van der Waals surface area (Å²) in [7, 11) is -7.71. The summed E-state index contributed by atoms with van der Waals surface area (Å²) >= 11 is 0. The number of aryl methyl sites for hydroxylation is 3. The van der Waals surface area contributed by atoms with Crippen LogP contribution in [0.5, 0.6) is 0 Å². The number of hydrogen-bond acceptors (Lipinski definition) is 7. The molecule has 0 spiro atoms. The highest BCUT2D eigenvalue weighted by molar-refractivity contribution is 7.93. The molecule has 0 radical (unpaired) electrons. The number of hydrogen-bond donors (Lipinski definition) is 2. The van der Waals surface area contributed by atoms with Crippen LogP contribution in [-0.2, 0) is 26.6 Å². The molecule has 0 saturated heterocycles. The summed E-state index contributed by atoms with van der Waals surface area (Å²) in [6.45, 7) is 5.78. The Morgan fingerprint density at radius 1 is 0.931 bits per heavy atom. The van der Waals surface area contributed by atoms with E-state index in [-0.39, 0.29) is 21.3 Å². The molecule has 3 aromatic rings. The van der Waals surface area contributed by atoms with Gasteiger partial charge in [-0.2, -0.15) is 5.10 Å². The van der Waals surface area contributed by atoms with Gasteiger partial charge in [0, 0.05) is 30.2 Å². The number of anilines is 2. The van der Waals surface area contributed by atoms with Crippen molar-refractivity contribution in [3.8, 4) is 0 Å². The standard InChI is InChI=1S/C17H20N6O4S2/c1-4-23-11-16(10-18-23)29(26,27)21-14-5-7-15(8-6-14)28(24,25)22-17-9-12(2)19-13(3)20-17/h5-11,21H,4H2,1-3H3,(H,19,20,22). The monoisotopic (exact) mass is 436 g/mol. The molecule has 0 aliphatic carbocycles. The van der Waals surface area contributed by atoms with Gasteiger partial charge in [-0.1, -0.05) is 0 Å². The van der Waals surface area contributed by atoms with Gasteiger partial charge in [-0.15, -0.1) is 0 Å². The van der Waals surface area contributed by atoms with E-state index in [4.69, 9.17) is 0 Å². The molecule has 0 aliphatic rings. The van der Waals surface area contributed by atoms with E-state index >= 15 is 0 Å². The Balaban J connectivity index is 1.78. The van der Waals surface area contributed by atoms with Gasteiger partial charge in [-0.25, -0.2) is 26.8 Å². The van der Waals surface area contributed by atoms with Crippen LogP contribution in [0.3, 0.4) is 0 Å². The van der Waals surface area contributed by atoms with Crippen molar-refractivity contribution in [1.29, 1.82) is 0 Å². The maximum Gasteiger partial charge on any atom is 0.265 e. The Hall–Kier alpha value is -2.99. The van der Waals surface area contributed by atoms with Crippen LogP contribution in [-0.4, -0.2) is 36.6 Å². The lowest BCUT2D eigenvalue weighted by atomic mass is 10.3. The lowest BCUT2D eigenvalue weighted by Crippen LogP contribution is -2.15. The second-order valence-electron chi connectivity index (χ2n) is 6.21. The molecule has 0 saturated carbocycles. The van der Waals surface area contributed by atoms with Gasteiger partial charge >= 0.3 is 0 Å². The summed E-state index contributed by atoms with van der Waals surface area (Å²) in [4.78, 5) is 8.14. The van der Waals surface area contributed by atoms with E-state index in [2.05, 4.69) is 24.5 Å².